The minimum atomic E-state index is 0.704. The van der Waals surface area contributed by atoms with Crippen LogP contribution in [-0.2, 0) is 0 Å². The summed E-state index contributed by atoms with van der Waals surface area (Å²) in [6.45, 7) is 7.61. The van der Waals surface area contributed by atoms with E-state index < -0.39 is 0 Å². The zero-order valence-corrected chi connectivity index (χ0v) is 9.94. The molecule has 3 aromatic rings. The number of furan rings is 1. The van der Waals surface area contributed by atoms with E-state index in [2.05, 4.69) is 13.2 Å². The number of hydrogen-bond donors (Lipinski definition) is 1. The van der Waals surface area contributed by atoms with Crippen LogP contribution in [0.3, 0.4) is 0 Å². The highest BCUT2D eigenvalue weighted by atomic mass is 16.3. The molecule has 0 unspecified atom stereocenters. The van der Waals surface area contributed by atoms with Gasteiger partial charge in [0, 0.05) is 10.9 Å². The lowest BCUT2D eigenvalue weighted by molar-refractivity contribution is 0.668. The summed E-state index contributed by atoms with van der Waals surface area (Å²) >= 11 is 0. The largest absolute Gasteiger partial charge is 0.455 e. The van der Waals surface area contributed by atoms with E-state index in [1.807, 2.05) is 30.3 Å². The van der Waals surface area contributed by atoms with Crippen LogP contribution < -0.4 is 5.73 Å². The molecule has 2 nitrogen and oxygen atoms in total. The van der Waals surface area contributed by atoms with Crippen LogP contribution in [0, 0.1) is 0 Å². The Hall–Kier alpha value is -2.48. The summed E-state index contributed by atoms with van der Waals surface area (Å²) in [5, 5.41) is 1.97. The van der Waals surface area contributed by atoms with E-state index >= 15 is 0 Å². The topological polar surface area (TPSA) is 39.2 Å². The summed E-state index contributed by atoms with van der Waals surface area (Å²) in [7, 11) is 0. The molecular weight excluding hydrogens is 222 g/mol. The van der Waals surface area contributed by atoms with Gasteiger partial charge in [-0.3, -0.25) is 0 Å². The molecule has 0 aliphatic rings. The highest BCUT2D eigenvalue weighted by molar-refractivity contribution is 6.14. The molecule has 2 aromatic carbocycles. The third-order valence-corrected chi connectivity index (χ3v) is 3.19. The molecule has 18 heavy (non-hydrogen) atoms. The molecule has 0 spiro atoms. The van der Waals surface area contributed by atoms with Crippen molar-refractivity contribution < 1.29 is 4.42 Å². The summed E-state index contributed by atoms with van der Waals surface area (Å²) in [4.78, 5) is 0. The maximum atomic E-state index is 6.20. The Morgan fingerprint density at radius 2 is 1.78 bits per heavy atom. The SMILES string of the molecule is C=Cc1cc(C=C)c2oc3ccccc3c2c1N. The summed E-state index contributed by atoms with van der Waals surface area (Å²) in [6.07, 6.45) is 3.53. The van der Waals surface area contributed by atoms with Gasteiger partial charge in [-0.25, -0.2) is 0 Å². The maximum Gasteiger partial charge on any atom is 0.144 e. The Kier molecular flexibility index (Phi) is 2.23. The first-order valence-corrected chi connectivity index (χ1v) is 5.75. The van der Waals surface area contributed by atoms with E-state index in [0.717, 1.165) is 33.1 Å². The second-order valence-electron chi connectivity index (χ2n) is 4.18. The third-order valence-electron chi connectivity index (χ3n) is 3.19. The van der Waals surface area contributed by atoms with Gasteiger partial charge < -0.3 is 10.2 Å². The van der Waals surface area contributed by atoms with E-state index in [1.54, 1.807) is 12.2 Å². The van der Waals surface area contributed by atoms with Crippen molar-refractivity contribution in [2.75, 3.05) is 5.73 Å². The van der Waals surface area contributed by atoms with Crippen molar-refractivity contribution >= 4 is 39.8 Å². The van der Waals surface area contributed by atoms with Crippen LogP contribution in [0.5, 0.6) is 0 Å². The van der Waals surface area contributed by atoms with Gasteiger partial charge in [0.25, 0.3) is 0 Å². The molecule has 0 saturated heterocycles. The molecule has 88 valence electrons. The number of para-hydroxylation sites is 1. The van der Waals surface area contributed by atoms with Crippen LogP contribution in [-0.4, -0.2) is 0 Å². The average molecular weight is 235 g/mol. The average Bonchev–Trinajstić information content (AvgIpc) is 2.79. The van der Waals surface area contributed by atoms with Crippen LogP contribution in [0.15, 0.2) is 47.9 Å². The number of rotatable bonds is 2. The lowest BCUT2D eigenvalue weighted by atomic mass is 10.0. The molecule has 0 radical (unpaired) electrons. The summed E-state index contributed by atoms with van der Waals surface area (Å²) in [6, 6.07) is 9.82. The van der Waals surface area contributed by atoms with Crippen molar-refractivity contribution in [2.24, 2.45) is 0 Å². The van der Waals surface area contributed by atoms with E-state index in [9.17, 15) is 0 Å². The third kappa shape index (κ3) is 1.29. The van der Waals surface area contributed by atoms with Crippen molar-refractivity contribution in [2.45, 2.75) is 0 Å². The van der Waals surface area contributed by atoms with Crippen molar-refractivity contribution in [3.05, 3.63) is 54.6 Å². The Morgan fingerprint density at radius 1 is 1.06 bits per heavy atom. The van der Waals surface area contributed by atoms with Gasteiger partial charge in [-0.05, 0) is 17.7 Å². The second kappa shape index (κ2) is 3.77. The lowest BCUT2D eigenvalue weighted by Crippen LogP contribution is -1.91. The molecule has 0 aliphatic heterocycles. The molecule has 3 rings (SSSR count). The Labute approximate surface area is 105 Å². The van der Waals surface area contributed by atoms with E-state index in [-0.39, 0.29) is 0 Å². The molecule has 0 bridgehead atoms. The predicted octanol–water partition coefficient (Wildman–Crippen LogP) is 4.45. The van der Waals surface area contributed by atoms with Gasteiger partial charge in [0.1, 0.15) is 11.2 Å². The van der Waals surface area contributed by atoms with Crippen LogP contribution in [0.2, 0.25) is 0 Å². The smallest absolute Gasteiger partial charge is 0.144 e. The zero-order chi connectivity index (χ0) is 12.7. The molecule has 1 aromatic heterocycles. The zero-order valence-electron chi connectivity index (χ0n) is 9.94. The fourth-order valence-corrected chi connectivity index (χ4v) is 2.29. The van der Waals surface area contributed by atoms with Crippen molar-refractivity contribution in [1.82, 2.24) is 0 Å². The summed E-state index contributed by atoms with van der Waals surface area (Å²) in [5.41, 5.74) is 10.4. The highest BCUT2D eigenvalue weighted by Crippen LogP contribution is 2.37. The van der Waals surface area contributed by atoms with Crippen molar-refractivity contribution in [3.63, 3.8) is 0 Å². The van der Waals surface area contributed by atoms with E-state index in [4.69, 9.17) is 10.2 Å². The molecule has 0 atom stereocenters. The molecule has 2 heteroatoms. The van der Waals surface area contributed by atoms with Gasteiger partial charge in [0.05, 0.1) is 11.1 Å². The number of nitrogens with two attached hydrogens (primary N) is 1. The highest BCUT2D eigenvalue weighted by Gasteiger charge is 2.14. The van der Waals surface area contributed by atoms with Crippen LogP contribution in [0.25, 0.3) is 34.1 Å². The molecule has 0 aliphatic carbocycles. The van der Waals surface area contributed by atoms with Gasteiger partial charge in [0.2, 0.25) is 0 Å². The Balaban J connectivity index is 2.63. The first kappa shape index (κ1) is 10.7. The van der Waals surface area contributed by atoms with Crippen molar-refractivity contribution in [1.29, 1.82) is 0 Å². The van der Waals surface area contributed by atoms with Crippen LogP contribution in [0.4, 0.5) is 5.69 Å². The van der Waals surface area contributed by atoms with Crippen molar-refractivity contribution in [3.8, 4) is 0 Å². The number of fused-ring (bicyclic) bond motifs is 3. The van der Waals surface area contributed by atoms with Gasteiger partial charge >= 0.3 is 0 Å². The number of anilines is 1. The second-order valence-corrected chi connectivity index (χ2v) is 4.18. The normalized spacial score (nSPS) is 10.9. The van der Waals surface area contributed by atoms with Crippen LogP contribution in [0.1, 0.15) is 11.1 Å². The van der Waals surface area contributed by atoms with Gasteiger partial charge in [-0.2, -0.15) is 0 Å². The minimum absolute atomic E-state index is 0.704. The quantitative estimate of drug-likeness (QED) is 0.666. The lowest BCUT2D eigenvalue weighted by Gasteiger charge is -2.04. The summed E-state index contributed by atoms with van der Waals surface area (Å²) < 4.78 is 5.87. The molecule has 1 heterocycles. The fourth-order valence-electron chi connectivity index (χ4n) is 2.29. The number of benzene rings is 2. The molecular formula is C16H13NO. The molecule has 2 N–H and O–H groups in total. The first-order chi connectivity index (χ1) is 8.76. The standard InChI is InChI=1S/C16H13NO/c1-3-10-9-11(4-2)16-14(15(10)17)12-7-5-6-8-13(12)18-16/h3-9H,1-2,17H2. The minimum Gasteiger partial charge on any atom is -0.455 e. The van der Waals surface area contributed by atoms with Gasteiger partial charge in [-0.1, -0.05) is 43.5 Å². The number of hydrogen-bond acceptors (Lipinski definition) is 2. The maximum absolute atomic E-state index is 6.20. The monoisotopic (exact) mass is 235 g/mol. The van der Waals surface area contributed by atoms with Gasteiger partial charge in [0.15, 0.2) is 0 Å². The van der Waals surface area contributed by atoms with Crippen LogP contribution >= 0.6 is 0 Å². The van der Waals surface area contributed by atoms with E-state index in [1.165, 1.54) is 0 Å². The number of nitrogen functional groups attached to an aromatic ring is 1. The molecule has 0 amide bonds. The van der Waals surface area contributed by atoms with Gasteiger partial charge in [-0.15, -0.1) is 0 Å². The fraction of sp³-hybridized carbons (Fsp3) is 0. The van der Waals surface area contributed by atoms with E-state index in [0.29, 0.717) is 5.69 Å². The summed E-state index contributed by atoms with van der Waals surface area (Å²) in [5.74, 6) is 0. The predicted molar refractivity (Wildman–Crippen MR) is 78.3 cm³/mol. The molecule has 0 saturated carbocycles. The Bertz CT molecular complexity index is 780. The first-order valence-electron chi connectivity index (χ1n) is 5.75. The Morgan fingerprint density at radius 3 is 2.50 bits per heavy atom. The molecule has 0 fully saturated rings.